The van der Waals surface area contributed by atoms with E-state index in [2.05, 4.69) is 15.5 Å². The molecule has 1 amide bonds. The SMILES string of the molecule is NC(=S)c1cc(C(F)(F)F)ccc1NC(=O)c1ccn[nH]1. The summed E-state index contributed by atoms with van der Waals surface area (Å²) in [5.41, 5.74) is 4.70. The molecule has 0 aliphatic heterocycles. The molecule has 21 heavy (non-hydrogen) atoms. The van der Waals surface area contributed by atoms with Crippen molar-refractivity contribution in [2.24, 2.45) is 5.73 Å². The van der Waals surface area contributed by atoms with Gasteiger partial charge in [0.2, 0.25) is 0 Å². The lowest BCUT2D eigenvalue weighted by Gasteiger charge is -2.13. The van der Waals surface area contributed by atoms with E-state index >= 15 is 0 Å². The van der Waals surface area contributed by atoms with Crippen LogP contribution in [0, 0.1) is 0 Å². The van der Waals surface area contributed by atoms with Gasteiger partial charge in [-0.05, 0) is 24.3 Å². The Bertz CT molecular complexity index is 682. The van der Waals surface area contributed by atoms with Crippen molar-refractivity contribution in [3.8, 4) is 0 Å². The Kier molecular flexibility index (Phi) is 3.94. The van der Waals surface area contributed by atoms with Crippen LogP contribution in [0.4, 0.5) is 18.9 Å². The molecule has 110 valence electrons. The van der Waals surface area contributed by atoms with Gasteiger partial charge in [0.1, 0.15) is 10.7 Å². The number of nitrogens with two attached hydrogens (primary N) is 1. The van der Waals surface area contributed by atoms with Gasteiger partial charge in [-0.3, -0.25) is 9.89 Å². The van der Waals surface area contributed by atoms with Crippen LogP contribution in [0.5, 0.6) is 0 Å². The van der Waals surface area contributed by atoms with E-state index in [9.17, 15) is 18.0 Å². The van der Waals surface area contributed by atoms with Gasteiger partial charge in [0, 0.05) is 11.8 Å². The number of halogens is 3. The fourth-order valence-corrected chi connectivity index (χ4v) is 1.77. The van der Waals surface area contributed by atoms with Gasteiger partial charge in [-0.25, -0.2) is 0 Å². The molecule has 9 heteroatoms. The summed E-state index contributed by atoms with van der Waals surface area (Å²) in [6.07, 6.45) is -3.15. The molecule has 0 radical (unpaired) electrons. The first-order valence-corrected chi connectivity index (χ1v) is 6.01. The van der Waals surface area contributed by atoms with E-state index in [1.807, 2.05) is 0 Å². The molecule has 2 rings (SSSR count). The highest BCUT2D eigenvalue weighted by atomic mass is 32.1. The highest BCUT2D eigenvalue weighted by molar-refractivity contribution is 7.80. The first-order valence-electron chi connectivity index (χ1n) is 5.61. The van der Waals surface area contributed by atoms with E-state index in [4.69, 9.17) is 18.0 Å². The minimum atomic E-state index is -4.52. The molecule has 4 N–H and O–H groups in total. The zero-order valence-electron chi connectivity index (χ0n) is 10.4. The monoisotopic (exact) mass is 314 g/mol. The molecule has 0 saturated heterocycles. The quantitative estimate of drug-likeness (QED) is 0.759. The number of amides is 1. The maximum absolute atomic E-state index is 12.7. The van der Waals surface area contributed by atoms with Gasteiger partial charge in [-0.15, -0.1) is 0 Å². The average molecular weight is 314 g/mol. The number of rotatable bonds is 3. The van der Waals surface area contributed by atoms with Crippen molar-refractivity contribution < 1.29 is 18.0 Å². The molecule has 0 unspecified atom stereocenters. The van der Waals surface area contributed by atoms with Crippen LogP contribution in [-0.2, 0) is 6.18 Å². The minimum Gasteiger partial charge on any atom is -0.389 e. The van der Waals surface area contributed by atoms with Crippen LogP contribution in [0.3, 0.4) is 0 Å². The van der Waals surface area contributed by atoms with Gasteiger partial charge in [0.25, 0.3) is 5.91 Å². The van der Waals surface area contributed by atoms with Crippen LogP contribution in [0.25, 0.3) is 0 Å². The fraction of sp³-hybridized carbons (Fsp3) is 0.0833. The smallest absolute Gasteiger partial charge is 0.389 e. The van der Waals surface area contributed by atoms with Crippen LogP contribution in [0.1, 0.15) is 21.6 Å². The van der Waals surface area contributed by atoms with Crippen LogP contribution in [0.15, 0.2) is 30.5 Å². The number of nitrogens with zero attached hydrogens (tertiary/aromatic N) is 1. The molecule has 1 heterocycles. The van der Waals surface area contributed by atoms with E-state index in [1.54, 1.807) is 0 Å². The van der Waals surface area contributed by atoms with Crippen LogP contribution >= 0.6 is 12.2 Å². The van der Waals surface area contributed by atoms with Crippen molar-refractivity contribution in [2.45, 2.75) is 6.18 Å². The van der Waals surface area contributed by atoms with Gasteiger partial charge in [0.05, 0.1) is 11.3 Å². The van der Waals surface area contributed by atoms with Crippen molar-refractivity contribution in [3.05, 3.63) is 47.3 Å². The van der Waals surface area contributed by atoms with Crippen molar-refractivity contribution in [1.29, 1.82) is 0 Å². The molecule has 0 spiro atoms. The summed E-state index contributed by atoms with van der Waals surface area (Å²) in [6.45, 7) is 0. The standard InChI is InChI=1S/C12H9F3N4OS/c13-12(14,15)6-1-2-8(7(5-6)10(16)21)18-11(20)9-3-4-17-19-9/h1-5H,(H2,16,21)(H,17,19)(H,18,20). The highest BCUT2D eigenvalue weighted by Gasteiger charge is 2.31. The summed E-state index contributed by atoms with van der Waals surface area (Å²) in [7, 11) is 0. The molecule has 1 aromatic heterocycles. The Labute approximate surface area is 122 Å². The molecule has 0 saturated carbocycles. The number of aromatic nitrogens is 2. The van der Waals surface area contributed by atoms with Crippen molar-refractivity contribution >= 4 is 28.8 Å². The first kappa shape index (κ1) is 15.0. The molecule has 0 aliphatic rings. The molecule has 0 atom stereocenters. The molecule has 1 aromatic carbocycles. The zero-order valence-corrected chi connectivity index (χ0v) is 11.2. The summed E-state index contributed by atoms with van der Waals surface area (Å²) in [5, 5.41) is 8.47. The van der Waals surface area contributed by atoms with E-state index in [1.165, 1.54) is 12.3 Å². The van der Waals surface area contributed by atoms with Crippen LogP contribution in [0.2, 0.25) is 0 Å². The maximum atomic E-state index is 12.7. The average Bonchev–Trinajstić information content (AvgIpc) is 2.91. The third kappa shape index (κ3) is 3.37. The minimum absolute atomic E-state index is 0.0623. The predicted molar refractivity (Wildman–Crippen MR) is 73.9 cm³/mol. The number of anilines is 1. The second-order valence-corrected chi connectivity index (χ2v) is 4.49. The van der Waals surface area contributed by atoms with Gasteiger partial charge in [-0.1, -0.05) is 12.2 Å². The molecule has 0 bridgehead atoms. The Morgan fingerprint density at radius 3 is 2.57 bits per heavy atom. The summed E-state index contributed by atoms with van der Waals surface area (Å²) in [6, 6.07) is 4.15. The third-order valence-electron chi connectivity index (χ3n) is 2.61. The van der Waals surface area contributed by atoms with Crippen LogP contribution in [-0.4, -0.2) is 21.1 Å². The van der Waals surface area contributed by atoms with Crippen LogP contribution < -0.4 is 11.1 Å². The number of aromatic amines is 1. The topological polar surface area (TPSA) is 83.8 Å². The maximum Gasteiger partial charge on any atom is 0.416 e. The summed E-state index contributed by atoms with van der Waals surface area (Å²) < 4.78 is 38.0. The number of alkyl halides is 3. The Balaban J connectivity index is 2.35. The normalized spacial score (nSPS) is 11.2. The largest absolute Gasteiger partial charge is 0.416 e. The molecule has 2 aromatic rings. The number of benzene rings is 1. The molecule has 5 nitrogen and oxygen atoms in total. The van der Waals surface area contributed by atoms with E-state index in [0.717, 1.165) is 18.2 Å². The Morgan fingerprint density at radius 2 is 2.05 bits per heavy atom. The fourth-order valence-electron chi connectivity index (χ4n) is 1.61. The van der Waals surface area contributed by atoms with Gasteiger partial charge in [0.15, 0.2) is 0 Å². The Hall–Kier alpha value is -2.42. The number of nitrogens with one attached hydrogen (secondary N) is 2. The lowest BCUT2D eigenvalue weighted by molar-refractivity contribution is -0.137. The summed E-state index contributed by atoms with van der Waals surface area (Å²) in [4.78, 5) is 11.6. The van der Waals surface area contributed by atoms with E-state index < -0.39 is 17.6 Å². The molecular formula is C12H9F3N4OS. The number of H-pyrrole nitrogens is 1. The number of thiocarbonyl (C=S) groups is 1. The summed E-state index contributed by atoms with van der Waals surface area (Å²) >= 11 is 4.72. The number of carbonyl (C=O) groups is 1. The van der Waals surface area contributed by atoms with Crippen molar-refractivity contribution in [2.75, 3.05) is 5.32 Å². The zero-order chi connectivity index (χ0) is 15.6. The number of carbonyl (C=O) groups excluding carboxylic acids is 1. The number of hydrogen-bond donors (Lipinski definition) is 3. The van der Waals surface area contributed by atoms with Gasteiger partial charge < -0.3 is 11.1 Å². The Morgan fingerprint density at radius 1 is 1.33 bits per heavy atom. The molecule has 0 fully saturated rings. The number of hydrogen-bond acceptors (Lipinski definition) is 3. The van der Waals surface area contributed by atoms with E-state index in [0.29, 0.717) is 0 Å². The summed E-state index contributed by atoms with van der Waals surface area (Å²) in [5.74, 6) is -0.565. The predicted octanol–water partition coefficient (Wildman–Crippen LogP) is 2.31. The second-order valence-electron chi connectivity index (χ2n) is 4.05. The van der Waals surface area contributed by atoms with Crippen molar-refractivity contribution in [3.63, 3.8) is 0 Å². The lowest BCUT2D eigenvalue weighted by atomic mass is 10.1. The molecule has 0 aliphatic carbocycles. The third-order valence-corrected chi connectivity index (χ3v) is 2.83. The molecular weight excluding hydrogens is 305 g/mol. The lowest BCUT2D eigenvalue weighted by Crippen LogP contribution is -2.19. The highest BCUT2D eigenvalue weighted by Crippen LogP contribution is 2.32. The van der Waals surface area contributed by atoms with Gasteiger partial charge >= 0.3 is 6.18 Å². The van der Waals surface area contributed by atoms with Gasteiger partial charge in [-0.2, -0.15) is 18.3 Å². The van der Waals surface area contributed by atoms with Crippen molar-refractivity contribution in [1.82, 2.24) is 10.2 Å². The first-order chi connectivity index (χ1) is 9.79. The van der Waals surface area contributed by atoms with E-state index in [-0.39, 0.29) is 21.9 Å². The second kappa shape index (κ2) is 5.52.